The van der Waals surface area contributed by atoms with Crippen molar-refractivity contribution in [1.29, 1.82) is 0 Å². The molecule has 1 fully saturated rings. The van der Waals surface area contributed by atoms with Crippen LogP contribution in [-0.4, -0.2) is 40.9 Å². The highest BCUT2D eigenvalue weighted by molar-refractivity contribution is 7.10. The van der Waals surface area contributed by atoms with Crippen LogP contribution >= 0.6 is 11.3 Å². The fraction of sp³-hybridized carbons (Fsp3) is 0.600. The zero-order valence-corrected chi connectivity index (χ0v) is 12.1. The maximum atomic E-state index is 9.60. The zero-order chi connectivity index (χ0) is 13.7. The second kappa shape index (κ2) is 7.06. The lowest BCUT2D eigenvalue weighted by atomic mass is 9.92. The summed E-state index contributed by atoms with van der Waals surface area (Å²) in [5.74, 6) is 6.17. The molecular formula is C15H21NO2S. The third-order valence-corrected chi connectivity index (χ3v) is 4.63. The van der Waals surface area contributed by atoms with E-state index in [-0.39, 0.29) is 12.7 Å². The molecule has 2 N–H and O–H groups in total. The summed E-state index contributed by atoms with van der Waals surface area (Å²) in [7, 11) is 0. The van der Waals surface area contributed by atoms with Crippen molar-refractivity contribution in [1.82, 2.24) is 4.90 Å². The average Bonchev–Trinajstić information content (AvgIpc) is 2.84. The van der Waals surface area contributed by atoms with Gasteiger partial charge in [0.15, 0.2) is 0 Å². The molecule has 2 rings (SSSR count). The Kier molecular flexibility index (Phi) is 5.41. The first-order valence-electron chi connectivity index (χ1n) is 6.77. The molecule has 1 saturated heterocycles. The fourth-order valence-electron chi connectivity index (χ4n) is 2.51. The number of hydrogen-bond acceptors (Lipinski definition) is 4. The van der Waals surface area contributed by atoms with Crippen molar-refractivity contribution in [2.75, 3.05) is 19.7 Å². The fourth-order valence-corrected chi connectivity index (χ4v) is 3.38. The molecule has 4 heteroatoms. The molecule has 1 atom stereocenters. The van der Waals surface area contributed by atoms with Crippen LogP contribution in [0.15, 0.2) is 11.4 Å². The highest BCUT2D eigenvalue weighted by atomic mass is 32.1. The van der Waals surface area contributed by atoms with Gasteiger partial charge in [0.2, 0.25) is 0 Å². The van der Waals surface area contributed by atoms with Crippen LogP contribution < -0.4 is 0 Å². The van der Waals surface area contributed by atoms with Crippen LogP contribution in [0.4, 0.5) is 0 Å². The van der Waals surface area contributed by atoms with Crippen LogP contribution in [0.2, 0.25) is 0 Å². The lowest BCUT2D eigenvalue weighted by Gasteiger charge is -2.33. The molecule has 2 heterocycles. The molecular weight excluding hydrogens is 258 g/mol. The number of piperidine rings is 1. The van der Waals surface area contributed by atoms with Gasteiger partial charge in [-0.05, 0) is 50.2 Å². The number of likely N-dealkylation sites (tertiary alicyclic amines) is 1. The summed E-state index contributed by atoms with van der Waals surface area (Å²) in [5.41, 5.74) is 1.04. The Balaban J connectivity index is 1.91. The van der Waals surface area contributed by atoms with E-state index in [1.54, 1.807) is 11.3 Å². The Morgan fingerprint density at radius 2 is 2.21 bits per heavy atom. The minimum absolute atomic E-state index is 0.0882. The van der Waals surface area contributed by atoms with Gasteiger partial charge in [-0.2, -0.15) is 0 Å². The number of aliphatic hydroxyl groups excluding tert-OH is 2. The summed E-state index contributed by atoms with van der Waals surface area (Å²) >= 11 is 1.73. The first-order chi connectivity index (χ1) is 9.20. The summed E-state index contributed by atoms with van der Waals surface area (Å²) in [6, 6.07) is 2.02. The van der Waals surface area contributed by atoms with Crippen LogP contribution in [0.1, 0.15) is 30.2 Å². The molecule has 1 aliphatic rings. The van der Waals surface area contributed by atoms with Gasteiger partial charge in [0.05, 0.1) is 6.10 Å². The van der Waals surface area contributed by atoms with Crippen LogP contribution in [0, 0.1) is 17.8 Å². The van der Waals surface area contributed by atoms with Gasteiger partial charge in [-0.3, -0.25) is 4.90 Å². The van der Waals surface area contributed by atoms with E-state index in [1.807, 2.05) is 13.0 Å². The molecule has 1 unspecified atom stereocenters. The first-order valence-corrected chi connectivity index (χ1v) is 7.65. The highest BCUT2D eigenvalue weighted by Crippen LogP contribution is 2.24. The summed E-state index contributed by atoms with van der Waals surface area (Å²) in [6.45, 7) is 4.82. The minimum Gasteiger partial charge on any atom is -0.393 e. The topological polar surface area (TPSA) is 43.7 Å². The molecule has 1 aromatic heterocycles. The molecule has 1 aliphatic heterocycles. The van der Waals surface area contributed by atoms with E-state index in [4.69, 9.17) is 5.11 Å². The molecule has 0 amide bonds. The smallest absolute Gasteiger partial charge is 0.104 e. The van der Waals surface area contributed by atoms with Crippen LogP contribution in [0.5, 0.6) is 0 Å². The summed E-state index contributed by atoms with van der Waals surface area (Å²) in [5, 5.41) is 20.4. The molecule has 3 nitrogen and oxygen atoms in total. The Bertz CT molecular complexity index is 450. The summed E-state index contributed by atoms with van der Waals surface area (Å²) in [6.07, 6.45) is 1.95. The molecule has 0 bridgehead atoms. The van der Waals surface area contributed by atoms with E-state index >= 15 is 0 Å². The van der Waals surface area contributed by atoms with E-state index in [0.717, 1.165) is 38.0 Å². The lowest BCUT2D eigenvalue weighted by Crippen LogP contribution is -2.36. The molecule has 0 saturated carbocycles. The van der Waals surface area contributed by atoms with E-state index in [1.165, 1.54) is 4.88 Å². The number of rotatable bonds is 3. The first kappa shape index (κ1) is 14.5. The molecule has 1 aromatic rings. The van der Waals surface area contributed by atoms with Crippen molar-refractivity contribution in [3.8, 4) is 11.8 Å². The van der Waals surface area contributed by atoms with Gasteiger partial charge in [0, 0.05) is 17.0 Å². The maximum Gasteiger partial charge on any atom is 0.104 e. The number of thiophene rings is 1. The van der Waals surface area contributed by atoms with Crippen LogP contribution in [0.25, 0.3) is 0 Å². The molecule has 0 aromatic carbocycles. The quantitative estimate of drug-likeness (QED) is 0.828. The van der Waals surface area contributed by atoms with Gasteiger partial charge in [-0.25, -0.2) is 0 Å². The van der Waals surface area contributed by atoms with Gasteiger partial charge >= 0.3 is 0 Å². The highest BCUT2D eigenvalue weighted by Gasteiger charge is 2.23. The average molecular weight is 279 g/mol. The maximum absolute atomic E-state index is 9.60. The van der Waals surface area contributed by atoms with E-state index in [2.05, 4.69) is 22.1 Å². The van der Waals surface area contributed by atoms with Gasteiger partial charge in [0.1, 0.15) is 6.61 Å². The summed E-state index contributed by atoms with van der Waals surface area (Å²) < 4.78 is 0. The van der Waals surface area contributed by atoms with Crippen molar-refractivity contribution in [2.45, 2.75) is 32.4 Å². The van der Waals surface area contributed by atoms with Crippen molar-refractivity contribution in [3.05, 3.63) is 21.9 Å². The van der Waals surface area contributed by atoms with Crippen LogP contribution in [0.3, 0.4) is 0 Å². The van der Waals surface area contributed by atoms with E-state index in [0.29, 0.717) is 5.92 Å². The third kappa shape index (κ3) is 4.05. The van der Waals surface area contributed by atoms with Gasteiger partial charge in [0.25, 0.3) is 0 Å². The Morgan fingerprint density at radius 1 is 1.47 bits per heavy atom. The molecule has 0 aliphatic carbocycles. The predicted molar refractivity (Wildman–Crippen MR) is 78.0 cm³/mol. The minimum atomic E-state index is -0.185. The van der Waals surface area contributed by atoms with Crippen LogP contribution in [-0.2, 0) is 6.54 Å². The van der Waals surface area contributed by atoms with Crippen molar-refractivity contribution in [2.24, 2.45) is 5.92 Å². The number of aliphatic hydroxyl groups is 2. The largest absolute Gasteiger partial charge is 0.393 e. The van der Waals surface area contributed by atoms with Crippen molar-refractivity contribution < 1.29 is 10.2 Å². The predicted octanol–water partition coefficient (Wildman–Crippen LogP) is 1.68. The normalized spacial score (nSPS) is 18.9. The molecule has 19 heavy (non-hydrogen) atoms. The Labute approximate surface area is 118 Å². The van der Waals surface area contributed by atoms with E-state index in [9.17, 15) is 5.11 Å². The lowest BCUT2D eigenvalue weighted by molar-refractivity contribution is 0.0698. The van der Waals surface area contributed by atoms with Gasteiger partial charge in [-0.1, -0.05) is 11.8 Å². The van der Waals surface area contributed by atoms with Gasteiger partial charge in [-0.15, -0.1) is 11.3 Å². The number of nitrogens with zero attached hydrogens (tertiary/aromatic N) is 1. The summed E-state index contributed by atoms with van der Waals surface area (Å²) in [4.78, 5) is 3.70. The second-order valence-corrected chi connectivity index (χ2v) is 6.07. The zero-order valence-electron chi connectivity index (χ0n) is 11.3. The van der Waals surface area contributed by atoms with Crippen molar-refractivity contribution >= 4 is 11.3 Å². The van der Waals surface area contributed by atoms with Gasteiger partial charge < -0.3 is 10.2 Å². The standard InChI is InChI=1S/C15H21NO2S/c1-12(18)13-4-7-16(8-5-13)11-15-14(3-2-9-17)6-10-19-15/h6,10,12-13,17-18H,4-5,7-9,11H2,1H3. The Hall–Kier alpha value is -0.860. The van der Waals surface area contributed by atoms with E-state index < -0.39 is 0 Å². The SMILES string of the molecule is CC(O)C1CCN(Cc2sccc2C#CCO)CC1. The molecule has 0 spiro atoms. The third-order valence-electron chi connectivity index (χ3n) is 3.73. The number of hydrogen-bond donors (Lipinski definition) is 2. The molecule has 0 radical (unpaired) electrons. The Morgan fingerprint density at radius 3 is 2.84 bits per heavy atom. The van der Waals surface area contributed by atoms with Crippen molar-refractivity contribution in [3.63, 3.8) is 0 Å². The monoisotopic (exact) mass is 279 g/mol. The molecule has 104 valence electrons. The second-order valence-electron chi connectivity index (χ2n) is 5.07.